The van der Waals surface area contributed by atoms with Crippen LogP contribution in [0.1, 0.15) is 23.7 Å². The van der Waals surface area contributed by atoms with Gasteiger partial charge in [-0.3, -0.25) is 0 Å². The molecule has 0 bridgehead atoms. The van der Waals surface area contributed by atoms with Crippen LogP contribution >= 0.6 is 0 Å². The molecule has 19 heavy (non-hydrogen) atoms. The van der Waals surface area contributed by atoms with Crippen molar-refractivity contribution in [1.82, 2.24) is 0 Å². The second-order valence-corrected chi connectivity index (χ2v) is 4.34. The summed E-state index contributed by atoms with van der Waals surface area (Å²) in [6.45, 7) is 0. The fourth-order valence-electron chi connectivity index (χ4n) is 1.88. The monoisotopic (exact) mass is 254 g/mol. The van der Waals surface area contributed by atoms with E-state index >= 15 is 0 Å². The van der Waals surface area contributed by atoms with Crippen molar-refractivity contribution in [2.45, 2.75) is 12.5 Å². The summed E-state index contributed by atoms with van der Waals surface area (Å²) in [5.74, 6) is 0.767. The number of aliphatic hydroxyl groups excluding tert-OH is 1. The third kappa shape index (κ3) is 3.97. The molecule has 0 saturated carbocycles. The highest BCUT2D eigenvalue weighted by Crippen LogP contribution is 2.22. The van der Waals surface area contributed by atoms with Crippen molar-refractivity contribution in [1.29, 1.82) is 0 Å². The molecule has 1 unspecified atom stereocenters. The van der Waals surface area contributed by atoms with Gasteiger partial charge in [0.1, 0.15) is 5.75 Å². The number of rotatable bonds is 5. The van der Waals surface area contributed by atoms with Crippen molar-refractivity contribution >= 4 is 6.08 Å². The first-order chi connectivity index (χ1) is 9.29. The van der Waals surface area contributed by atoms with Crippen molar-refractivity contribution in [2.75, 3.05) is 7.11 Å². The lowest BCUT2D eigenvalue weighted by Gasteiger charge is -2.09. The predicted octanol–water partition coefficient (Wildman–Crippen LogP) is 3.83. The summed E-state index contributed by atoms with van der Waals surface area (Å²) in [6, 6.07) is 17.6. The van der Waals surface area contributed by atoms with E-state index in [1.807, 2.05) is 66.7 Å². The van der Waals surface area contributed by atoms with Crippen LogP contribution in [-0.4, -0.2) is 12.2 Å². The molecule has 1 N–H and O–H groups in total. The zero-order chi connectivity index (χ0) is 13.5. The number of ether oxygens (including phenoxy) is 1. The van der Waals surface area contributed by atoms with Crippen molar-refractivity contribution < 1.29 is 9.84 Å². The molecule has 2 aromatic rings. The molecule has 2 rings (SSSR count). The highest BCUT2D eigenvalue weighted by atomic mass is 16.5. The van der Waals surface area contributed by atoms with Gasteiger partial charge in [0.2, 0.25) is 0 Å². The van der Waals surface area contributed by atoms with Crippen LogP contribution in [0.3, 0.4) is 0 Å². The molecule has 0 aliphatic carbocycles. The summed E-state index contributed by atoms with van der Waals surface area (Å²) in [5.41, 5.74) is 2.01. The molecule has 2 heteroatoms. The Hall–Kier alpha value is -2.06. The average Bonchev–Trinajstić information content (AvgIpc) is 2.48. The van der Waals surface area contributed by atoms with Gasteiger partial charge in [-0.05, 0) is 29.7 Å². The van der Waals surface area contributed by atoms with Gasteiger partial charge in [0.05, 0.1) is 13.2 Å². The molecule has 0 saturated heterocycles. The van der Waals surface area contributed by atoms with Crippen LogP contribution in [0.4, 0.5) is 0 Å². The van der Waals surface area contributed by atoms with E-state index < -0.39 is 6.10 Å². The van der Waals surface area contributed by atoms with Crippen LogP contribution in [0.15, 0.2) is 60.7 Å². The molecule has 0 amide bonds. The van der Waals surface area contributed by atoms with E-state index in [2.05, 4.69) is 0 Å². The largest absolute Gasteiger partial charge is 0.497 e. The van der Waals surface area contributed by atoms with Gasteiger partial charge < -0.3 is 9.84 Å². The lowest BCUT2D eigenvalue weighted by molar-refractivity contribution is 0.181. The van der Waals surface area contributed by atoms with E-state index in [0.29, 0.717) is 6.42 Å². The van der Waals surface area contributed by atoms with Gasteiger partial charge in [0, 0.05) is 0 Å². The van der Waals surface area contributed by atoms with Gasteiger partial charge >= 0.3 is 0 Å². The van der Waals surface area contributed by atoms with E-state index in [9.17, 15) is 5.11 Å². The van der Waals surface area contributed by atoms with Crippen molar-refractivity contribution in [3.63, 3.8) is 0 Å². The van der Waals surface area contributed by atoms with Crippen LogP contribution in [0, 0.1) is 0 Å². The maximum absolute atomic E-state index is 10.1. The average molecular weight is 254 g/mol. The minimum absolute atomic E-state index is 0.505. The highest BCUT2D eigenvalue weighted by Gasteiger charge is 2.06. The number of aliphatic hydroxyl groups is 1. The molecule has 98 valence electrons. The lowest BCUT2D eigenvalue weighted by atomic mass is 10.1. The first kappa shape index (κ1) is 13.4. The summed E-state index contributed by atoms with van der Waals surface area (Å²) in [7, 11) is 1.63. The van der Waals surface area contributed by atoms with Crippen LogP contribution < -0.4 is 4.74 Å². The normalized spacial score (nSPS) is 12.5. The van der Waals surface area contributed by atoms with Crippen molar-refractivity contribution in [2.24, 2.45) is 0 Å². The quantitative estimate of drug-likeness (QED) is 0.878. The Morgan fingerprint density at radius 2 is 1.89 bits per heavy atom. The molecule has 0 aromatic heterocycles. The standard InChI is InChI=1S/C17H18O2/c1-19-16-11-6-10-15(13-16)17(18)12-5-9-14-7-3-2-4-8-14/h2-11,13,17-18H,12H2,1H3/b9-5+. The molecule has 0 radical (unpaired) electrons. The maximum Gasteiger partial charge on any atom is 0.119 e. The van der Waals surface area contributed by atoms with Crippen LogP contribution in [0.25, 0.3) is 6.08 Å². The van der Waals surface area contributed by atoms with Gasteiger partial charge in [-0.2, -0.15) is 0 Å². The predicted molar refractivity (Wildman–Crippen MR) is 78.0 cm³/mol. The first-order valence-corrected chi connectivity index (χ1v) is 6.33. The Bertz CT molecular complexity index is 532. The molecule has 0 aliphatic rings. The minimum atomic E-state index is -0.505. The van der Waals surface area contributed by atoms with Gasteiger partial charge in [-0.1, -0.05) is 54.6 Å². The smallest absolute Gasteiger partial charge is 0.119 e. The van der Waals surface area contributed by atoms with E-state index in [1.54, 1.807) is 7.11 Å². The van der Waals surface area contributed by atoms with Gasteiger partial charge in [-0.25, -0.2) is 0 Å². The van der Waals surface area contributed by atoms with Crippen LogP contribution in [0.2, 0.25) is 0 Å². The second-order valence-electron chi connectivity index (χ2n) is 4.34. The lowest BCUT2D eigenvalue weighted by Crippen LogP contribution is -1.96. The third-order valence-corrected chi connectivity index (χ3v) is 2.95. The minimum Gasteiger partial charge on any atom is -0.497 e. The summed E-state index contributed by atoms with van der Waals surface area (Å²) in [5, 5.41) is 10.1. The highest BCUT2D eigenvalue weighted by molar-refractivity contribution is 5.48. The Morgan fingerprint density at radius 3 is 2.63 bits per heavy atom. The maximum atomic E-state index is 10.1. The number of hydrogen-bond acceptors (Lipinski definition) is 2. The number of methoxy groups -OCH3 is 1. The van der Waals surface area contributed by atoms with Gasteiger partial charge in [0.25, 0.3) is 0 Å². The zero-order valence-corrected chi connectivity index (χ0v) is 11.0. The van der Waals surface area contributed by atoms with E-state index in [1.165, 1.54) is 0 Å². The van der Waals surface area contributed by atoms with Crippen LogP contribution in [0.5, 0.6) is 5.75 Å². The number of benzene rings is 2. The molecular formula is C17H18O2. The Balaban J connectivity index is 1.97. The zero-order valence-electron chi connectivity index (χ0n) is 11.0. The second kappa shape index (κ2) is 6.76. The fraction of sp³-hybridized carbons (Fsp3) is 0.176. The summed E-state index contributed by atoms with van der Waals surface area (Å²) in [6.07, 6.45) is 4.08. The molecule has 2 aromatic carbocycles. The Labute approximate surface area is 114 Å². The number of hydrogen-bond donors (Lipinski definition) is 1. The Morgan fingerprint density at radius 1 is 1.11 bits per heavy atom. The van der Waals surface area contributed by atoms with Gasteiger partial charge in [0.15, 0.2) is 0 Å². The van der Waals surface area contributed by atoms with E-state index in [-0.39, 0.29) is 0 Å². The Kier molecular flexibility index (Phi) is 4.76. The molecule has 1 atom stereocenters. The van der Waals surface area contributed by atoms with E-state index in [0.717, 1.165) is 16.9 Å². The van der Waals surface area contributed by atoms with Gasteiger partial charge in [-0.15, -0.1) is 0 Å². The van der Waals surface area contributed by atoms with Crippen molar-refractivity contribution in [3.05, 3.63) is 71.8 Å². The molecule has 0 aliphatic heterocycles. The molecular weight excluding hydrogens is 236 g/mol. The molecule has 2 nitrogen and oxygen atoms in total. The summed E-state index contributed by atoms with van der Waals surface area (Å²) >= 11 is 0. The third-order valence-electron chi connectivity index (χ3n) is 2.95. The van der Waals surface area contributed by atoms with Crippen LogP contribution in [-0.2, 0) is 0 Å². The molecule has 0 heterocycles. The van der Waals surface area contributed by atoms with Crippen molar-refractivity contribution in [3.8, 4) is 5.75 Å². The van der Waals surface area contributed by atoms with E-state index in [4.69, 9.17) is 4.74 Å². The molecule has 0 spiro atoms. The SMILES string of the molecule is COc1cccc(C(O)C/C=C/c2ccccc2)c1. The molecule has 0 fully saturated rings. The first-order valence-electron chi connectivity index (χ1n) is 6.33. The topological polar surface area (TPSA) is 29.5 Å². The summed E-state index contributed by atoms with van der Waals surface area (Å²) in [4.78, 5) is 0. The fourth-order valence-corrected chi connectivity index (χ4v) is 1.88. The summed E-state index contributed by atoms with van der Waals surface area (Å²) < 4.78 is 5.15.